The Morgan fingerprint density at radius 2 is 1.93 bits per heavy atom. The minimum absolute atomic E-state index is 0.00452. The molecule has 5 rings (SSSR count). The Morgan fingerprint density at radius 3 is 2.66 bits per heavy atom. The van der Waals surface area contributed by atoms with Crippen molar-refractivity contribution in [3.8, 4) is 11.3 Å². The minimum atomic E-state index is -4.51. The lowest BCUT2D eigenvalue weighted by Crippen LogP contribution is -2.36. The number of aromatic nitrogens is 2. The van der Waals surface area contributed by atoms with Crippen LogP contribution < -0.4 is 5.32 Å². The fourth-order valence-electron chi connectivity index (χ4n) is 5.91. The van der Waals surface area contributed by atoms with E-state index in [9.17, 15) is 22.8 Å². The molecule has 1 amide bonds. The third-order valence-corrected chi connectivity index (χ3v) is 8.73. The number of alkyl halides is 3. The number of oxazole rings is 1. The van der Waals surface area contributed by atoms with E-state index >= 15 is 0 Å². The SMILES string of the molecule is CCC(=O)CCCCC[C@H](NC(=O)[C@H]1CC12CCN(C)CC2)c1ncc(-c2ccc3nc(C(F)(F)F)ccc3c2)o1. The highest BCUT2D eigenvalue weighted by molar-refractivity contribution is 5.84. The second-order valence-electron chi connectivity index (χ2n) is 11.6. The molecule has 1 aromatic carbocycles. The fourth-order valence-corrected chi connectivity index (χ4v) is 5.91. The van der Waals surface area contributed by atoms with E-state index in [-0.39, 0.29) is 28.5 Å². The van der Waals surface area contributed by atoms with Crippen LogP contribution in [-0.2, 0) is 15.8 Å². The third-order valence-electron chi connectivity index (χ3n) is 8.73. The summed E-state index contributed by atoms with van der Waals surface area (Å²) in [4.78, 5) is 35.6. The monoisotopic (exact) mass is 570 g/mol. The van der Waals surface area contributed by atoms with Gasteiger partial charge in [-0.05, 0) is 81.9 Å². The molecule has 2 fully saturated rings. The first-order valence-corrected chi connectivity index (χ1v) is 14.5. The molecule has 1 aliphatic heterocycles. The number of fused-ring (bicyclic) bond motifs is 1. The molecule has 1 saturated carbocycles. The molecular weight excluding hydrogens is 533 g/mol. The van der Waals surface area contributed by atoms with Crippen LogP contribution in [0.1, 0.15) is 82.3 Å². The number of rotatable bonds is 11. The number of Topliss-reactive ketones (excluding diaryl/α,β-unsaturated/α-hetero) is 1. The maximum absolute atomic E-state index is 13.4. The number of hydrogen-bond acceptors (Lipinski definition) is 6. The van der Waals surface area contributed by atoms with Crippen LogP contribution in [0, 0.1) is 11.3 Å². The van der Waals surface area contributed by atoms with Gasteiger partial charge in [-0.2, -0.15) is 13.2 Å². The number of halogens is 3. The summed E-state index contributed by atoms with van der Waals surface area (Å²) in [5.41, 5.74) is 0.0693. The number of carbonyl (C=O) groups is 2. The Balaban J connectivity index is 1.30. The molecule has 2 atom stereocenters. The second kappa shape index (κ2) is 11.9. The van der Waals surface area contributed by atoms with Crippen LogP contribution in [0.15, 0.2) is 40.9 Å². The summed E-state index contributed by atoms with van der Waals surface area (Å²) in [5, 5.41) is 3.76. The number of unbranched alkanes of at least 4 members (excludes halogenated alkanes) is 2. The highest BCUT2D eigenvalue weighted by Crippen LogP contribution is 2.59. The summed E-state index contributed by atoms with van der Waals surface area (Å²) in [6, 6.07) is 6.87. The third kappa shape index (κ3) is 6.80. The minimum Gasteiger partial charge on any atom is -0.438 e. The normalized spacial score (nSPS) is 19.4. The van der Waals surface area contributed by atoms with E-state index in [0.29, 0.717) is 41.9 Å². The molecule has 7 nitrogen and oxygen atoms in total. The number of carbonyl (C=O) groups excluding carboxylic acids is 2. The maximum atomic E-state index is 13.4. The Kier molecular flexibility index (Phi) is 8.50. The average molecular weight is 571 g/mol. The molecule has 0 radical (unpaired) electrons. The van der Waals surface area contributed by atoms with Crippen molar-refractivity contribution in [3.05, 3.63) is 48.1 Å². The summed E-state index contributed by atoms with van der Waals surface area (Å²) in [7, 11) is 2.11. The van der Waals surface area contributed by atoms with Crippen LogP contribution in [0.4, 0.5) is 13.2 Å². The molecule has 1 saturated heterocycles. The van der Waals surface area contributed by atoms with E-state index in [1.165, 1.54) is 12.1 Å². The van der Waals surface area contributed by atoms with Crippen molar-refractivity contribution in [3.63, 3.8) is 0 Å². The van der Waals surface area contributed by atoms with Crippen LogP contribution in [0.25, 0.3) is 22.2 Å². The van der Waals surface area contributed by atoms with E-state index in [1.807, 2.05) is 6.92 Å². The number of nitrogens with one attached hydrogen (secondary N) is 1. The van der Waals surface area contributed by atoms with E-state index in [2.05, 4.69) is 27.2 Å². The Hall–Kier alpha value is -3.27. The largest absolute Gasteiger partial charge is 0.438 e. The molecule has 0 bridgehead atoms. The summed E-state index contributed by atoms with van der Waals surface area (Å²) in [6.45, 7) is 3.88. The first kappa shape index (κ1) is 29.2. The first-order chi connectivity index (χ1) is 19.6. The molecule has 1 N–H and O–H groups in total. The molecule has 2 aliphatic rings. The van der Waals surface area contributed by atoms with Crippen LogP contribution in [0.2, 0.25) is 0 Å². The van der Waals surface area contributed by atoms with E-state index < -0.39 is 17.9 Å². The predicted octanol–water partition coefficient (Wildman–Crippen LogP) is 6.73. The smallest absolute Gasteiger partial charge is 0.433 e. The summed E-state index contributed by atoms with van der Waals surface area (Å²) >= 11 is 0. The maximum Gasteiger partial charge on any atom is 0.433 e. The van der Waals surface area contributed by atoms with Crippen molar-refractivity contribution < 1.29 is 27.2 Å². The number of nitrogens with zero attached hydrogens (tertiary/aromatic N) is 3. The molecule has 41 heavy (non-hydrogen) atoms. The Labute approximate surface area is 237 Å². The van der Waals surface area contributed by atoms with Crippen LogP contribution in [0.5, 0.6) is 0 Å². The van der Waals surface area contributed by atoms with Gasteiger partial charge in [-0.25, -0.2) is 9.97 Å². The van der Waals surface area contributed by atoms with Crippen molar-refractivity contribution in [1.82, 2.24) is 20.2 Å². The lowest BCUT2D eigenvalue weighted by atomic mass is 9.91. The lowest BCUT2D eigenvalue weighted by Gasteiger charge is -2.30. The van der Waals surface area contributed by atoms with Gasteiger partial charge >= 0.3 is 6.18 Å². The van der Waals surface area contributed by atoms with Gasteiger partial charge in [0.25, 0.3) is 0 Å². The van der Waals surface area contributed by atoms with Gasteiger partial charge in [0.05, 0.1) is 11.7 Å². The van der Waals surface area contributed by atoms with Crippen LogP contribution in [0.3, 0.4) is 0 Å². The van der Waals surface area contributed by atoms with Crippen molar-refractivity contribution in [1.29, 1.82) is 0 Å². The van der Waals surface area contributed by atoms with Gasteiger partial charge < -0.3 is 14.6 Å². The molecular formula is C31H37F3N4O3. The van der Waals surface area contributed by atoms with E-state index in [4.69, 9.17) is 4.42 Å². The van der Waals surface area contributed by atoms with Crippen molar-refractivity contribution in [2.45, 2.75) is 76.9 Å². The van der Waals surface area contributed by atoms with Gasteiger partial charge in [-0.15, -0.1) is 0 Å². The second-order valence-corrected chi connectivity index (χ2v) is 11.6. The van der Waals surface area contributed by atoms with Crippen LogP contribution >= 0.6 is 0 Å². The summed E-state index contributed by atoms with van der Waals surface area (Å²) in [6.07, 6.45) is 4.28. The zero-order valence-corrected chi connectivity index (χ0v) is 23.6. The quantitative estimate of drug-likeness (QED) is 0.257. The van der Waals surface area contributed by atoms with Crippen LogP contribution in [-0.4, -0.2) is 46.7 Å². The predicted molar refractivity (Wildman–Crippen MR) is 149 cm³/mol. The number of ketones is 1. The summed E-state index contributed by atoms with van der Waals surface area (Å²) < 4.78 is 45.3. The van der Waals surface area contributed by atoms with Crippen molar-refractivity contribution in [2.75, 3.05) is 20.1 Å². The zero-order valence-electron chi connectivity index (χ0n) is 23.6. The van der Waals surface area contributed by atoms with Crippen molar-refractivity contribution in [2.24, 2.45) is 11.3 Å². The van der Waals surface area contributed by atoms with Gasteiger partial charge in [-0.1, -0.05) is 25.8 Å². The molecule has 1 spiro atoms. The molecule has 3 heterocycles. The van der Waals surface area contributed by atoms with E-state index in [0.717, 1.165) is 57.7 Å². The Bertz CT molecular complexity index is 1390. The topological polar surface area (TPSA) is 88.3 Å². The number of likely N-dealkylation sites (tertiary alicyclic amines) is 1. The Morgan fingerprint density at radius 1 is 1.15 bits per heavy atom. The van der Waals surface area contributed by atoms with Gasteiger partial charge in [0.15, 0.2) is 5.76 Å². The molecule has 0 unspecified atom stereocenters. The average Bonchev–Trinajstić information content (AvgIpc) is 3.43. The fraction of sp³-hybridized carbons (Fsp3) is 0.548. The zero-order chi connectivity index (χ0) is 29.2. The van der Waals surface area contributed by atoms with E-state index in [1.54, 1.807) is 18.3 Å². The molecule has 2 aromatic heterocycles. The van der Waals surface area contributed by atoms with Gasteiger partial charge in [0.1, 0.15) is 17.5 Å². The standard InChI is InChI=1S/C31H37F3N4O3/c1-3-22(39)7-5-4-6-8-25(37-28(40)23-18-30(23)13-15-38(2)16-14-30)29-35-19-26(41-29)21-9-11-24-20(17-21)10-12-27(36-24)31(32,33)34/h9-12,17,19,23,25H,3-8,13-16,18H2,1-2H3,(H,37,40)/t23-,25+/m1/s1. The number of amides is 1. The number of piperidine rings is 1. The number of hydrogen-bond donors (Lipinski definition) is 1. The number of benzene rings is 1. The highest BCUT2D eigenvalue weighted by Gasteiger charge is 2.58. The van der Waals surface area contributed by atoms with Gasteiger partial charge in [0.2, 0.25) is 11.8 Å². The van der Waals surface area contributed by atoms with Crippen molar-refractivity contribution >= 4 is 22.6 Å². The molecule has 3 aromatic rings. The first-order valence-electron chi connectivity index (χ1n) is 14.5. The summed E-state index contributed by atoms with van der Waals surface area (Å²) in [5.74, 6) is 1.17. The molecule has 1 aliphatic carbocycles. The number of pyridine rings is 1. The van der Waals surface area contributed by atoms with Gasteiger partial charge in [-0.3, -0.25) is 9.59 Å². The highest BCUT2D eigenvalue weighted by atomic mass is 19.4. The molecule has 220 valence electrons. The lowest BCUT2D eigenvalue weighted by molar-refractivity contribution is -0.141. The van der Waals surface area contributed by atoms with Gasteiger partial charge in [0, 0.05) is 29.7 Å². The molecule has 10 heteroatoms.